The van der Waals surface area contributed by atoms with Gasteiger partial charge < -0.3 is 5.11 Å². The van der Waals surface area contributed by atoms with Crippen molar-refractivity contribution in [3.8, 4) is 5.88 Å². The molecule has 1 heterocycles. The van der Waals surface area contributed by atoms with Crippen LogP contribution in [-0.4, -0.2) is 15.5 Å². The molecule has 23 heavy (non-hydrogen) atoms. The second-order valence-corrected chi connectivity index (χ2v) is 6.29. The van der Waals surface area contributed by atoms with Crippen LogP contribution in [0.5, 0.6) is 5.88 Å². The summed E-state index contributed by atoms with van der Waals surface area (Å²) < 4.78 is 1.27. The van der Waals surface area contributed by atoms with Crippen LogP contribution in [0.15, 0.2) is 28.1 Å². The van der Waals surface area contributed by atoms with Gasteiger partial charge in [-0.3, -0.25) is 14.2 Å². The first-order chi connectivity index (χ1) is 10.7. The summed E-state index contributed by atoms with van der Waals surface area (Å²) in [6.07, 6.45) is 5.96. The summed E-state index contributed by atoms with van der Waals surface area (Å²) in [4.78, 5) is 24.1. The van der Waals surface area contributed by atoms with E-state index < -0.39 is 0 Å². The van der Waals surface area contributed by atoms with Gasteiger partial charge in [-0.15, -0.1) is 0 Å². The van der Waals surface area contributed by atoms with Gasteiger partial charge in [0, 0.05) is 12.1 Å². The van der Waals surface area contributed by atoms with Crippen molar-refractivity contribution in [2.24, 2.45) is 0 Å². The summed E-state index contributed by atoms with van der Waals surface area (Å²) in [6.45, 7) is 11.2. The van der Waals surface area contributed by atoms with Gasteiger partial charge in [-0.1, -0.05) is 23.3 Å². The van der Waals surface area contributed by atoms with Crippen molar-refractivity contribution < 1.29 is 9.90 Å². The maximum atomic E-state index is 12.4. The molecule has 0 unspecified atom stereocenters. The van der Waals surface area contributed by atoms with Gasteiger partial charge in [-0.05, 0) is 59.9 Å². The monoisotopic (exact) mass is 317 g/mol. The lowest BCUT2D eigenvalue weighted by Gasteiger charge is -2.14. The van der Waals surface area contributed by atoms with Gasteiger partial charge in [0.15, 0.2) is 5.78 Å². The van der Waals surface area contributed by atoms with Gasteiger partial charge in [0.25, 0.3) is 5.56 Å². The third kappa shape index (κ3) is 4.68. The number of Topliss-reactive ketones (excluding diaryl/α,β-unsaturated/α-hetero) is 1. The Bertz CT molecular complexity index is 717. The molecule has 0 atom stereocenters. The van der Waals surface area contributed by atoms with Crippen molar-refractivity contribution >= 4 is 5.78 Å². The van der Waals surface area contributed by atoms with Crippen molar-refractivity contribution in [2.45, 2.75) is 60.9 Å². The van der Waals surface area contributed by atoms with Crippen molar-refractivity contribution in [1.82, 2.24) is 4.57 Å². The normalized spacial score (nSPS) is 11.5. The quantitative estimate of drug-likeness (QED) is 0.635. The SMILES string of the molecule is CC(=O)c1c(C)c(C)c(=O)n(C/C=C(/C)CCC=C(C)C)c1O. The second kappa shape index (κ2) is 7.95. The summed E-state index contributed by atoms with van der Waals surface area (Å²) >= 11 is 0. The van der Waals surface area contributed by atoms with E-state index in [1.807, 2.05) is 13.0 Å². The molecule has 1 aromatic heterocycles. The minimum Gasteiger partial charge on any atom is -0.494 e. The molecule has 1 N–H and O–H groups in total. The third-order valence-electron chi connectivity index (χ3n) is 4.05. The molecule has 4 heteroatoms. The molecule has 0 saturated heterocycles. The molecule has 0 spiro atoms. The smallest absolute Gasteiger partial charge is 0.256 e. The average Bonchev–Trinajstić information content (AvgIpc) is 2.44. The van der Waals surface area contributed by atoms with Crippen molar-refractivity contribution in [3.63, 3.8) is 0 Å². The summed E-state index contributed by atoms with van der Waals surface area (Å²) in [5.74, 6) is -0.472. The number of carbonyl (C=O) groups is 1. The van der Waals surface area contributed by atoms with E-state index >= 15 is 0 Å². The number of allylic oxidation sites excluding steroid dienone is 4. The van der Waals surface area contributed by atoms with Crippen LogP contribution in [0.1, 0.15) is 62.0 Å². The van der Waals surface area contributed by atoms with Crippen LogP contribution in [0.3, 0.4) is 0 Å². The lowest BCUT2D eigenvalue weighted by molar-refractivity contribution is 0.101. The van der Waals surface area contributed by atoms with Gasteiger partial charge in [0.05, 0.1) is 5.56 Å². The van der Waals surface area contributed by atoms with Gasteiger partial charge in [0.2, 0.25) is 5.88 Å². The molecule has 1 aromatic rings. The largest absolute Gasteiger partial charge is 0.494 e. The number of nitrogens with zero attached hydrogens (tertiary/aromatic N) is 1. The summed E-state index contributed by atoms with van der Waals surface area (Å²) in [5.41, 5.74) is 3.48. The van der Waals surface area contributed by atoms with Crippen LogP contribution in [0, 0.1) is 13.8 Å². The van der Waals surface area contributed by atoms with E-state index in [2.05, 4.69) is 19.9 Å². The molecule has 0 aliphatic carbocycles. The van der Waals surface area contributed by atoms with Crippen LogP contribution >= 0.6 is 0 Å². The van der Waals surface area contributed by atoms with Crippen molar-refractivity contribution in [3.05, 3.63) is 50.3 Å². The molecule has 4 nitrogen and oxygen atoms in total. The zero-order chi connectivity index (χ0) is 17.7. The van der Waals surface area contributed by atoms with Gasteiger partial charge in [0.1, 0.15) is 0 Å². The molecule has 0 aliphatic rings. The maximum Gasteiger partial charge on any atom is 0.256 e. The predicted octanol–water partition coefficient (Wildman–Crippen LogP) is 4.07. The second-order valence-electron chi connectivity index (χ2n) is 6.29. The molecule has 1 rings (SSSR count). The minimum atomic E-state index is -0.252. The van der Waals surface area contributed by atoms with Gasteiger partial charge in [-0.25, -0.2) is 0 Å². The Labute approximate surface area is 138 Å². The molecule has 0 aromatic carbocycles. The van der Waals surface area contributed by atoms with E-state index in [0.29, 0.717) is 11.1 Å². The van der Waals surface area contributed by atoms with E-state index in [9.17, 15) is 14.7 Å². The van der Waals surface area contributed by atoms with E-state index in [0.717, 1.165) is 18.4 Å². The first-order valence-corrected chi connectivity index (χ1v) is 7.89. The number of hydrogen-bond donors (Lipinski definition) is 1. The highest BCUT2D eigenvalue weighted by atomic mass is 16.3. The van der Waals surface area contributed by atoms with Gasteiger partial charge >= 0.3 is 0 Å². The van der Waals surface area contributed by atoms with E-state index in [-0.39, 0.29) is 29.3 Å². The minimum absolute atomic E-state index is 0.234. The number of aromatic hydroxyl groups is 1. The average molecular weight is 317 g/mol. The standard InChI is InChI=1S/C19H27NO3/c1-12(2)8-7-9-13(3)10-11-20-18(22)15(5)14(4)17(16(6)21)19(20)23/h8,10,23H,7,9,11H2,1-6H3/b13-10-. The Morgan fingerprint density at radius 1 is 1.09 bits per heavy atom. The molecule has 0 radical (unpaired) electrons. The highest BCUT2D eigenvalue weighted by Gasteiger charge is 2.18. The number of carbonyl (C=O) groups excluding carboxylic acids is 1. The molecular formula is C19H27NO3. The zero-order valence-corrected chi connectivity index (χ0v) is 15.0. The van der Waals surface area contributed by atoms with E-state index in [1.165, 1.54) is 17.1 Å². The lowest BCUT2D eigenvalue weighted by atomic mass is 10.0. The number of hydrogen-bond acceptors (Lipinski definition) is 3. The molecule has 126 valence electrons. The van der Waals surface area contributed by atoms with E-state index in [4.69, 9.17) is 0 Å². The van der Waals surface area contributed by atoms with Crippen LogP contribution in [0.4, 0.5) is 0 Å². The van der Waals surface area contributed by atoms with Crippen LogP contribution in [0.2, 0.25) is 0 Å². The topological polar surface area (TPSA) is 59.3 Å². The first-order valence-electron chi connectivity index (χ1n) is 7.89. The van der Waals surface area contributed by atoms with Crippen molar-refractivity contribution in [2.75, 3.05) is 0 Å². The van der Waals surface area contributed by atoms with Crippen molar-refractivity contribution in [1.29, 1.82) is 0 Å². The fraction of sp³-hybridized carbons (Fsp3) is 0.474. The Morgan fingerprint density at radius 3 is 2.22 bits per heavy atom. The zero-order valence-electron chi connectivity index (χ0n) is 15.0. The Kier molecular flexibility index (Phi) is 6.55. The van der Waals surface area contributed by atoms with Crippen LogP contribution in [0.25, 0.3) is 0 Å². The molecule has 0 fully saturated rings. The molecule has 0 aliphatic heterocycles. The molecular weight excluding hydrogens is 290 g/mol. The first kappa shape index (κ1) is 18.9. The Morgan fingerprint density at radius 2 is 1.70 bits per heavy atom. The molecule has 0 saturated carbocycles. The fourth-order valence-electron chi connectivity index (χ4n) is 2.48. The molecule has 0 bridgehead atoms. The lowest BCUT2D eigenvalue weighted by Crippen LogP contribution is -2.25. The van der Waals surface area contributed by atoms with E-state index in [1.54, 1.807) is 13.8 Å². The summed E-state index contributed by atoms with van der Waals surface area (Å²) in [7, 11) is 0. The fourth-order valence-corrected chi connectivity index (χ4v) is 2.48. The van der Waals surface area contributed by atoms with Crippen LogP contribution in [-0.2, 0) is 6.54 Å². The highest BCUT2D eigenvalue weighted by Crippen LogP contribution is 2.22. The number of pyridine rings is 1. The Balaban J connectivity index is 3.12. The summed E-state index contributed by atoms with van der Waals surface area (Å²) in [5, 5.41) is 10.3. The maximum absolute atomic E-state index is 12.4. The predicted molar refractivity (Wildman–Crippen MR) is 94.3 cm³/mol. The van der Waals surface area contributed by atoms with Crippen LogP contribution < -0.4 is 5.56 Å². The Hall–Kier alpha value is -2.10. The third-order valence-corrected chi connectivity index (χ3v) is 4.05. The summed E-state index contributed by atoms with van der Waals surface area (Å²) in [6, 6.07) is 0. The molecule has 0 amide bonds. The highest BCUT2D eigenvalue weighted by molar-refractivity contribution is 5.97. The number of ketones is 1. The number of aromatic nitrogens is 1. The number of rotatable bonds is 6. The van der Waals surface area contributed by atoms with Gasteiger partial charge in [-0.2, -0.15) is 0 Å².